The quantitative estimate of drug-likeness (QED) is 0.720. The van der Waals surface area contributed by atoms with Crippen LogP contribution in [0.15, 0.2) is 0 Å². The number of carbonyl (C=O) groups is 1. The number of nitrogens with one attached hydrogen (secondary N) is 1. The highest BCUT2D eigenvalue weighted by Crippen LogP contribution is 2.19. The molecule has 0 spiro atoms. The Morgan fingerprint density at radius 3 is 2.94 bits per heavy atom. The Bertz CT molecular complexity index is 238. The van der Waals surface area contributed by atoms with Gasteiger partial charge in [-0.15, -0.1) is 0 Å². The van der Waals surface area contributed by atoms with Gasteiger partial charge in [0.25, 0.3) is 0 Å². The predicted molar refractivity (Wildman–Crippen MR) is 64.0 cm³/mol. The first kappa shape index (κ1) is 11.9. The van der Waals surface area contributed by atoms with E-state index in [2.05, 4.69) is 10.2 Å². The highest BCUT2D eigenvalue weighted by Gasteiger charge is 2.25. The van der Waals surface area contributed by atoms with Crippen molar-refractivity contribution in [1.29, 1.82) is 0 Å². The topological polar surface area (TPSA) is 58.4 Å². The Kier molecular flexibility index (Phi) is 4.18. The summed E-state index contributed by atoms with van der Waals surface area (Å²) in [6, 6.07) is 0. The van der Waals surface area contributed by atoms with E-state index in [4.69, 9.17) is 5.73 Å². The van der Waals surface area contributed by atoms with Gasteiger partial charge in [-0.3, -0.25) is 4.79 Å². The van der Waals surface area contributed by atoms with E-state index in [9.17, 15) is 4.79 Å². The zero-order valence-corrected chi connectivity index (χ0v) is 9.95. The molecule has 0 aromatic rings. The molecule has 3 N–H and O–H groups in total. The Hall–Kier alpha value is -0.610. The second-order valence-electron chi connectivity index (χ2n) is 5.21. The van der Waals surface area contributed by atoms with Gasteiger partial charge < -0.3 is 16.0 Å². The molecule has 0 radical (unpaired) electrons. The third-order valence-corrected chi connectivity index (χ3v) is 3.82. The van der Waals surface area contributed by atoms with Crippen LogP contribution >= 0.6 is 0 Å². The summed E-state index contributed by atoms with van der Waals surface area (Å²) in [6.07, 6.45) is 4.71. The van der Waals surface area contributed by atoms with Crippen molar-refractivity contribution in [3.63, 3.8) is 0 Å². The van der Waals surface area contributed by atoms with Gasteiger partial charge >= 0.3 is 0 Å². The van der Waals surface area contributed by atoms with Crippen molar-refractivity contribution in [3.05, 3.63) is 0 Å². The van der Waals surface area contributed by atoms with E-state index in [-0.39, 0.29) is 11.8 Å². The number of amides is 1. The SMILES string of the molecule is NC(=O)C1CCCN(CC2CCCNC2)C1. The number of nitrogens with two attached hydrogens (primary N) is 1. The third-order valence-electron chi connectivity index (χ3n) is 3.82. The minimum atomic E-state index is -0.119. The Labute approximate surface area is 97.6 Å². The van der Waals surface area contributed by atoms with Crippen LogP contribution in [-0.4, -0.2) is 43.5 Å². The van der Waals surface area contributed by atoms with E-state index in [1.165, 1.54) is 19.4 Å². The first-order chi connectivity index (χ1) is 7.75. The summed E-state index contributed by atoms with van der Waals surface area (Å²) in [4.78, 5) is 13.6. The van der Waals surface area contributed by atoms with Crippen molar-refractivity contribution in [2.24, 2.45) is 17.6 Å². The summed E-state index contributed by atoms with van der Waals surface area (Å²) >= 11 is 0. The molecule has 2 aliphatic heterocycles. The monoisotopic (exact) mass is 225 g/mol. The number of carbonyl (C=O) groups excluding carboxylic acids is 1. The van der Waals surface area contributed by atoms with E-state index < -0.39 is 0 Å². The fraction of sp³-hybridized carbons (Fsp3) is 0.917. The van der Waals surface area contributed by atoms with Gasteiger partial charge in [0, 0.05) is 13.1 Å². The van der Waals surface area contributed by atoms with Crippen LogP contribution in [0.3, 0.4) is 0 Å². The van der Waals surface area contributed by atoms with Crippen LogP contribution in [0.5, 0.6) is 0 Å². The Morgan fingerprint density at radius 1 is 1.38 bits per heavy atom. The molecule has 2 aliphatic rings. The fourth-order valence-electron chi connectivity index (χ4n) is 2.90. The molecule has 0 aromatic heterocycles. The van der Waals surface area contributed by atoms with Crippen LogP contribution in [0, 0.1) is 11.8 Å². The summed E-state index contributed by atoms with van der Waals surface area (Å²) in [5.74, 6) is 0.733. The van der Waals surface area contributed by atoms with Crippen LogP contribution < -0.4 is 11.1 Å². The lowest BCUT2D eigenvalue weighted by molar-refractivity contribution is -0.123. The molecule has 0 bridgehead atoms. The van der Waals surface area contributed by atoms with Gasteiger partial charge in [0.1, 0.15) is 0 Å². The molecule has 4 nitrogen and oxygen atoms in total. The van der Waals surface area contributed by atoms with Crippen molar-refractivity contribution in [3.8, 4) is 0 Å². The summed E-state index contributed by atoms with van der Waals surface area (Å²) in [5, 5.41) is 3.44. The fourth-order valence-corrected chi connectivity index (χ4v) is 2.90. The largest absolute Gasteiger partial charge is 0.369 e. The zero-order valence-electron chi connectivity index (χ0n) is 9.95. The lowest BCUT2D eigenvalue weighted by Gasteiger charge is -2.35. The molecule has 2 unspecified atom stereocenters. The molecular formula is C12H23N3O. The third kappa shape index (κ3) is 3.19. The molecule has 0 saturated carbocycles. The minimum absolute atomic E-state index is 0.0882. The molecule has 2 atom stereocenters. The van der Waals surface area contributed by atoms with Crippen LogP contribution in [0.2, 0.25) is 0 Å². The number of rotatable bonds is 3. The molecule has 0 aliphatic carbocycles. The highest BCUT2D eigenvalue weighted by atomic mass is 16.1. The molecular weight excluding hydrogens is 202 g/mol. The number of primary amides is 1. The molecule has 0 aromatic carbocycles. The molecule has 2 rings (SSSR count). The molecule has 1 amide bonds. The van der Waals surface area contributed by atoms with Crippen LogP contribution in [0.1, 0.15) is 25.7 Å². The first-order valence-corrected chi connectivity index (χ1v) is 6.48. The van der Waals surface area contributed by atoms with Crippen molar-refractivity contribution in [1.82, 2.24) is 10.2 Å². The Morgan fingerprint density at radius 2 is 2.25 bits per heavy atom. The summed E-state index contributed by atoms with van der Waals surface area (Å²) in [7, 11) is 0. The maximum Gasteiger partial charge on any atom is 0.221 e. The van der Waals surface area contributed by atoms with E-state index in [1.807, 2.05) is 0 Å². The van der Waals surface area contributed by atoms with E-state index in [0.717, 1.165) is 44.9 Å². The minimum Gasteiger partial charge on any atom is -0.369 e. The smallest absolute Gasteiger partial charge is 0.221 e. The maximum atomic E-state index is 11.2. The highest BCUT2D eigenvalue weighted by molar-refractivity contribution is 5.76. The van der Waals surface area contributed by atoms with Gasteiger partial charge in [-0.05, 0) is 51.2 Å². The predicted octanol–water partition coefficient (Wildman–Crippen LogP) is 0.183. The van der Waals surface area contributed by atoms with Gasteiger partial charge in [0.2, 0.25) is 5.91 Å². The van der Waals surface area contributed by atoms with Gasteiger partial charge in [-0.1, -0.05) is 0 Å². The van der Waals surface area contributed by atoms with Crippen molar-refractivity contribution < 1.29 is 4.79 Å². The average Bonchev–Trinajstić information content (AvgIpc) is 2.30. The van der Waals surface area contributed by atoms with E-state index >= 15 is 0 Å². The first-order valence-electron chi connectivity index (χ1n) is 6.48. The van der Waals surface area contributed by atoms with Crippen LogP contribution in [0.25, 0.3) is 0 Å². The number of hydrogen-bond donors (Lipinski definition) is 2. The molecule has 92 valence electrons. The molecule has 2 saturated heterocycles. The molecule has 2 fully saturated rings. The number of likely N-dealkylation sites (tertiary alicyclic amines) is 1. The number of piperidine rings is 2. The number of hydrogen-bond acceptors (Lipinski definition) is 3. The Balaban J connectivity index is 1.78. The molecule has 2 heterocycles. The summed E-state index contributed by atoms with van der Waals surface area (Å²) in [6.45, 7) is 5.46. The second-order valence-corrected chi connectivity index (χ2v) is 5.21. The van der Waals surface area contributed by atoms with Crippen molar-refractivity contribution >= 4 is 5.91 Å². The van der Waals surface area contributed by atoms with Crippen molar-refractivity contribution in [2.45, 2.75) is 25.7 Å². The molecule has 4 heteroatoms. The summed E-state index contributed by atoms with van der Waals surface area (Å²) < 4.78 is 0. The van der Waals surface area contributed by atoms with E-state index in [0.29, 0.717) is 0 Å². The molecule has 16 heavy (non-hydrogen) atoms. The maximum absolute atomic E-state index is 11.2. The van der Waals surface area contributed by atoms with Gasteiger partial charge in [0.15, 0.2) is 0 Å². The van der Waals surface area contributed by atoms with E-state index in [1.54, 1.807) is 0 Å². The normalized spacial score (nSPS) is 32.5. The zero-order chi connectivity index (χ0) is 11.4. The van der Waals surface area contributed by atoms with Crippen molar-refractivity contribution in [2.75, 3.05) is 32.7 Å². The van der Waals surface area contributed by atoms with Gasteiger partial charge in [0.05, 0.1) is 5.92 Å². The second kappa shape index (κ2) is 5.64. The van der Waals surface area contributed by atoms with Crippen LogP contribution in [-0.2, 0) is 4.79 Å². The average molecular weight is 225 g/mol. The number of nitrogens with zero attached hydrogens (tertiary/aromatic N) is 1. The lowest BCUT2D eigenvalue weighted by atomic mass is 9.94. The standard InChI is InChI=1S/C12H23N3O/c13-12(16)11-4-2-6-15(9-11)8-10-3-1-5-14-7-10/h10-11,14H,1-9H2,(H2,13,16). The van der Waals surface area contributed by atoms with Crippen LogP contribution in [0.4, 0.5) is 0 Å². The van der Waals surface area contributed by atoms with Gasteiger partial charge in [-0.25, -0.2) is 0 Å². The lowest BCUT2D eigenvalue weighted by Crippen LogP contribution is -2.45. The summed E-state index contributed by atoms with van der Waals surface area (Å²) in [5.41, 5.74) is 5.38. The van der Waals surface area contributed by atoms with Gasteiger partial charge in [-0.2, -0.15) is 0 Å².